The average Bonchev–Trinajstić information content (AvgIpc) is 1.61. The molecule has 39 valence electrons. The maximum Gasteiger partial charge on any atom is 0.227 e. The Bertz CT molecular complexity index is 76.1. The molecule has 0 aromatic rings. The van der Waals surface area contributed by atoms with Gasteiger partial charge in [-0.15, -0.1) is 0 Å². The molecule has 0 heterocycles. The van der Waals surface area contributed by atoms with Crippen LogP contribution in [0.15, 0.2) is 12.3 Å². The van der Waals surface area contributed by atoms with Crippen LogP contribution < -0.4 is 0 Å². The van der Waals surface area contributed by atoms with E-state index in [2.05, 4.69) is 0 Å². The van der Waals surface area contributed by atoms with Crippen LogP contribution in [-0.2, 0) is 4.79 Å². The minimum absolute atomic E-state index is 1.32. The number of hydrogen-bond donors (Lipinski definition) is 0. The van der Waals surface area contributed by atoms with Crippen molar-refractivity contribution < 1.29 is 4.79 Å². The fraction of sp³-hybridized carbons (Fsp3) is 0.400. The Morgan fingerprint density at radius 3 is 2.29 bits per heavy atom. The van der Waals surface area contributed by atoms with E-state index in [1.54, 1.807) is 17.4 Å². The lowest BCUT2D eigenvalue weighted by Gasteiger charge is -1.99. The van der Waals surface area contributed by atoms with E-state index < -0.39 is 0 Å². The Kier molecular flexibility index (Phi) is 3.02. The second-order valence-electron chi connectivity index (χ2n) is 1.40. The fourth-order valence-electron chi connectivity index (χ4n) is 0.180. The molecule has 0 unspecified atom stereocenters. The zero-order valence-corrected chi connectivity index (χ0v) is 4.51. The maximum absolute atomic E-state index is 9.47. The number of carbonyl (C=O) groups excluding carboxylic acids is 1. The molecule has 0 N–H and O–H groups in total. The zero-order chi connectivity index (χ0) is 5.70. The summed E-state index contributed by atoms with van der Waals surface area (Å²) in [4.78, 5) is 11.2. The van der Waals surface area contributed by atoms with Crippen molar-refractivity contribution >= 4 is 6.29 Å². The highest BCUT2D eigenvalue weighted by molar-refractivity contribution is 5.65. The van der Waals surface area contributed by atoms with Crippen molar-refractivity contribution in [3.63, 3.8) is 0 Å². The van der Waals surface area contributed by atoms with Gasteiger partial charge in [0.05, 0.1) is 0 Å². The molecule has 0 fully saturated rings. The van der Waals surface area contributed by atoms with Gasteiger partial charge in [-0.3, -0.25) is 4.79 Å². The first kappa shape index (κ1) is 6.21. The Balaban J connectivity index is 3.25. The molecule has 2 nitrogen and oxygen atoms in total. The Labute approximate surface area is 43.4 Å². The van der Waals surface area contributed by atoms with Crippen molar-refractivity contribution in [1.29, 1.82) is 0 Å². The first-order valence-electron chi connectivity index (χ1n) is 1.98. The van der Waals surface area contributed by atoms with Crippen molar-refractivity contribution in [2.45, 2.75) is 0 Å². The second-order valence-corrected chi connectivity index (χ2v) is 1.40. The summed E-state index contributed by atoms with van der Waals surface area (Å²) < 4.78 is 0. The molecule has 0 bridgehead atoms. The molecule has 2 heteroatoms. The molecule has 1 radical (unpaired) electrons. The summed E-state index contributed by atoms with van der Waals surface area (Å²) in [5.74, 6) is 0. The number of rotatable bonds is 2. The van der Waals surface area contributed by atoms with Gasteiger partial charge in [0.25, 0.3) is 0 Å². The van der Waals surface area contributed by atoms with Gasteiger partial charge in [0.2, 0.25) is 6.29 Å². The highest BCUT2D eigenvalue weighted by Gasteiger charge is 1.70. The molecule has 0 amide bonds. The van der Waals surface area contributed by atoms with Crippen LogP contribution in [0.1, 0.15) is 0 Å². The van der Waals surface area contributed by atoms with Crippen LogP contribution in [0.2, 0.25) is 0 Å². The average molecular weight is 98.1 g/mol. The fourth-order valence-corrected chi connectivity index (χ4v) is 0.180. The van der Waals surface area contributed by atoms with Crippen LogP contribution in [0.25, 0.3) is 0 Å². The molecule has 0 aliphatic heterocycles. The molecule has 0 aromatic heterocycles. The quantitative estimate of drug-likeness (QED) is 0.459. The van der Waals surface area contributed by atoms with Gasteiger partial charge in [0.15, 0.2) is 0 Å². The van der Waals surface area contributed by atoms with Crippen molar-refractivity contribution in [3.05, 3.63) is 12.3 Å². The standard InChI is InChI=1S/C5H8NO/c1-6(2)4-3-5-7/h3-4H,1-2H3. The van der Waals surface area contributed by atoms with E-state index in [1.165, 1.54) is 6.08 Å². The van der Waals surface area contributed by atoms with Crippen molar-refractivity contribution in [2.24, 2.45) is 0 Å². The molecular weight excluding hydrogens is 90.1 g/mol. The van der Waals surface area contributed by atoms with Gasteiger partial charge in [0.1, 0.15) is 0 Å². The largest absolute Gasteiger partial charge is 0.383 e. The summed E-state index contributed by atoms with van der Waals surface area (Å²) in [6, 6.07) is 0. The lowest BCUT2D eigenvalue weighted by atomic mass is 10.6. The second kappa shape index (κ2) is 3.40. The van der Waals surface area contributed by atoms with Crippen LogP contribution in [-0.4, -0.2) is 25.3 Å². The van der Waals surface area contributed by atoms with Gasteiger partial charge in [0, 0.05) is 26.4 Å². The van der Waals surface area contributed by atoms with Gasteiger partial charge >= 0.3 is 0 Å². The van der Waals surface area contributed by atoms with E-state index in [-0.39, 0.29) is 0 Å². The van der Waals surface area contributed by atoms with Crippen LogP contribution in [0.3, 0.4) is 0 Å². The summed E-state index contributed by atoms with van der Waals surface area (Å²) in [6.07, 6.45) is 4.58. The Morgan fingerprint density at radius 1 is 1.57 bits per heavy atom. The number of hydrogen-bond acceptors (Lipinski definition) is 2. The Morgan fingerprint density at radius 2 is 2.14 bits per heavy atom. The molecule has 0 spiro atoms. The van der Waals surface area contributed by atoms with Gasteiger partial charge < -0.3 is 4.90 Å². The highest BCUT2D eigenvalue weighted by Crippen LogP contribution is 1.71. The minimum Gasteiger partial charge on any atom is -0.383 e. The van der Waals surface area contributed by atoms with Crippen LogP contribution in [0.4, 0.5) is 0 Å². The summed E-state index contributed by atoms with van der Waals surface area (Å²) in [6.45, 7) is 0. The molecule has 0 saturated heterocycles. The third-order valence-corrected chi connectivity index (χ3v) is 0.441. The topological polar surface area (TPSA) is 20.3 Å². The zero-order valence-electron chi connectivity index (χ0n) is 4.51. The summed E-state index contributed by atoms with van der Waals surface area (Å²) in [5, 5.41) is 0. The highest BCUT2D eigenvalue weighted by atomic mass is 16.1. The van der Waals surface area contributed by atoms with E-state index in [4.69, 9.17) is 0 Å². The summed E-state index contributed by atoms with van der Waals surface area (Å²) in [5.41, 5.74) is 0. The van der Waals surface area contributed by atoms with Crippen molar-refractivity contribution in [1.82, 2.24) is 4.90 Å². The lowest BCUT2D eigenvalue weighted by Crippen LogP contribution is -1.99. The van der Waals surface area contributed by atoms with Gasteiger partial charge in [-0.2, -0.15) is 0 Å². The number of nitrogens with zero attached hydrogens (tertiary/aromatic N) is 1. The van der Waals surface area contributed by atoms with E-state index in [1.807, 2.05) is 14.1 Å². The Hall–Kier alpha value is -0.790. The van der Waals surface area contributed by atoms with Crippen LogP contribution >= 0.6 is 0 Å². The van der Waals surface area contributed by atoms with Crippen molar-refractivity contribution in [3.8, 4) is 0 Å². The summed E-state index contributed by atoms with van der Waals surface area (Å²) in [7, 11) is 3.68. The van der Waals surface area contributed by atoms with Crippen LogP contribution in [0.5, 0.6) is 0 Å². The molecule has 0 aliphatic rings. The smallest absolute Gasteiger partial charge is 0.227 e. The molecular formula is C5H8NO. The number of allylic oxidation sites excluding steroid dienone is 1. The molecule has 0 rings (SSSR count). The normalized spacial score (nSPS) is 9.43. The first-order valence-corrected chi connectivity index (χ1v) is 1.98. The molecule has 0 saturated carbocycles. The molecule has 0 aromatic carbocycles. The van der Waals surface area contributed by atoms with Gasteiger partial charge in [-0.1, -0.05) is 0 Å². The van der Waals surface area contributed by atoms with E-state index >= 15 is 0 Å². The molecule has 7 heavy (non-hydrogen) atoms. The SMILES string of the molecule is CN(C)C=C[C]=O. The minimum atomic E-state index is 1.32. The van der Waals surface area contributed by atoms with E-state index in [0.717, 1.165) is 0 Å². The monoisotopic (exact) mass is 98.1 g/mol. The van der Waals surface area contributed by atoms with E-state index in [0.29, 0.717) is 0 Å². The maximum atomic E-state index is 9.47. The third-order valence-electron chi connectivity index (χ3n) is 0.441. The van der Waals surface area contributed by atoms with E-state index in [9.17, 15) is 4.79 Å². The van der Waals surface area contributed by atoms with Crippen molar-refractivity contribution in [2.75, 3.05) is 14.1 Å². The summed E-state index contributed by atoms with van der Waals surface area (Å²) >= 11 is 0. The van der Waals surface area contributed by atoms with Gasteiger partial charge in [-0.05, 0) is 0 Å². The predicted molar refractivity (Wildman–Crippen MR) is 28.5 cm³/mol. The first-order chi connectivity index (χ1) is 3.27. The van der Waals surface area contributed by atoms with Gasteiger partial charge in [-0.25, -0.2) is 0 Å². The van der Waals surface area contributed by atoms with Crippen LogP contribution in [0, 0.1) is 0 Å². The third kappa shape index (κ3) is 5.21. The predicted octanol–water partition coefficient (Wildman–Crippen LogP) is 0.171. The molecule has 0 aliphatic carbocycles. The lowest BCUT2D eigenvalue weighted by molar-refractivity contribution is 0.553. The molecule has 0 atom stereocenters.